The highest BCUT2D eigenvalue weighted by Crippen LogP contribution is 2.12. The molecule has 5 nitrogen and oxygen atoms in total. The predicted molar refractivity (Wildman–Crippen MR) is 49.9 cm³/mol. The molecule has 2 atom stereocenters. The average Bonchev–Trinajstić information content (AvgIpc) is 2.13. The number of hydrogen-bond acceptors (Lipinski definition) is 4. The highest BCUT2D eigenvalue weighted by atomic mass is 31.1. The predicted octanol–water partition coefficient (Wildman–Crippen LogP) is 0.342. The van der Waals surface area contributed by atoms with Gasteiger partial charge in [-0.05, 0) is 13.3 Å². The Morgan fingerprint density at radius 1 is 1.69 bits per heavy atom. The van der Waals surface area contributed by atoms with Crippen LogP contribution in [0.4, 0.5) is 0 Å². The molecular formula is C7H16NO4P. The number of carbonyl (C=O) groups is 1. The van der Waals surface area contributed by atoms with E-state index in [1.165, 1.54) is 0 Å². The van der Waals surface area contributed by atoms with Crippen molar-refractivity contribution in [3.05, 3.63) is 0 Å². The summed E-state index contributed by atoms with van der Waals surface area (Å²) in [6.07, 6.45) is 0.323. The van der Waals surface area contributed by atoms with Crippen molar-refractivity contribution in [3.63, 3.8) is 0 Å². The summed E-state index contributed by atoms with van der Waals surface area (Å²) in [4.78, 5) is 11.1. The van der Waals surface area contributed by atoms with Gasteiger partial charge in [0.1, 0.15) is 12.4 Å². The third-order valence-corrected chi connectivity index (χ3v) is 2.37. The Kier molecular flexibility index (Phi) is 6.86. The van der Waals surface area contributed by atoms with E-state index in [-0.39, 0.29) is 0 Å². The number of carbonyl (C=O) groups excluding carboxylic acids is 1. The third kappa shape index (κ3) is 5.80. The quantitative estimate of drug-likeness (QED) is 0.487. The van der Waals surface area contributed by atoms with Crippen LogP contribution < -0.4 is 5.09 Å². The van der Waals surface area contributed by atoms with Crippen LogP contribution in [0.2, 0.25) is 0 Å². The summed E-state index contributed by atoms with van der Waals surface area (Å²) in [5, 5.41) is 10.9. The molecule has 0 saturated carbocycles. The normalized spacial score (nSPS) is 15.0. The molecule has 0 rings (SSSR count). The number of rotatable bonds is 6. The second kappa shape index (κ2) is 7.06. The van der Waals surface area contributed by atoms with E-state index < -0.39 is 26.3 Å². The van der Waals surface area contributed by atoms with Crippen molar-refractivity contribution in [2.75, 3.05) is 13.0 Å². The molecule has 0 saturated heterocycles. The van der Waals surface area contributed by atoms with Crippen LogP contribution in [0.5, 0.6) is 0 Å². The highest BCUT2D eigenvalue weighted by Gasteiger charge is 2.15. The number of ether oxygens (including phenoxy) is 1. The second-order valence-electron chi connectivity index (χ2n) is 2.61. The fraction of sp³-hybridized carbons (Fsp3) is 0.857. The summed E-state index contributed by atoms with van der Waals surface area (Å²) >= 11 is 0. The maximum absolute atomic E-state index is 11.1. The van der Waals surface area contributed by atoms with Gasteiger partial charge in [-0.3, -0.25) is 9.88 Å². The van der Waals surface area contributed by atoms with Crippen LogP contribution in [0.15, 0.2) is 0 Å². The Balaban J connectivity index is 3.75. The Bertz CT molecular complexity index is 185. The molecule has 1 unspecified atom stereocenters. The molecule has 0 amide bonds. The number of aliphatic hydroxyl groups excluding tert-OH is 1. The zero-order valence-electron chi connectivity index (χ0n) is 7.87. The minimum Gasteiger partial charge on any atom is -0.465 e. The molecule has 0 heterocycles. The molecule has 6 heteroatoms. The molecule has 0 radical (unpaired) electrons. The number of nitrogens with one attached hydrogen (secondary N) is 1. The Morgan fingerprint density at radius 3 is 2.77 bits per heavy atom. The Morgan fingerprint density at radius 2 is 2.31 bits per heavy atom. The van der Waals surface area contributed by atoms with E-state index in [1.807, 2.05) is 6.92 Å². The molecule has 0 aliphatic carbocycles. The first-order chi connectivity index (χ1) is 6.11. The Hall–Kier alpha value is -0.380. The van der Waals surface area contributed by atoms with E-state index in [1.54, 1.807) is 6.92 Å². The van der Waals surface area contributed by atoms with Gasteiger partial charge in [-0.2, -0.15) is 0 Å². The largest absolute Gasteiger partial charge is 0.465 e. The van der Waals surface area contributed by atoms with Gasteiger partial charge in [-0.25, -0.2) is 0 Å². The van der Waals surface area contributed by atoms with Gasteiger partial charge in [0.2, 0.25) is 0 Å². The fourth-order valence-electron chi connectivity index (χ4n) is 0.674. The minimum atomic E-state index is -2.24. The summed E-state index contributed by atoms with van der Waals surface area (Å²) in [7, 11) is -2.24. The van der Waals surface area contributed by atoms with Crippen LogP contribution in [0.3, 0.4) is 0 Å². The first-order valence-electron chi connectivity index (χ1n) is 4.18. The van der Waals surface area contributed by atoms with E-state index in [4.69, 9.17) is 9.84 Å². The summed E-state index contributed by atoms with van der Waals surface area (Å²) in [6, 6.07) is -0.620. The van der Waals surface area contributed by atoms with Crippen molar-refractivity contribution in [1.82, 2.24) is 5.09 Å². The van der Waals surface area contributed by atoms with Gasteiger partial charge < -0.3 is 14.4 Å². The first kappa shape index (κ1) is 12.6. The van der Waals surface area contributed by atoms with Gasteiger partial charge in [0.25, 0.3) is 0 Å². The van der Waals surface area contributed by atoms with Gasteiger partial charge in [-0.15, -0.1) is 0 Å². The number of aliphatic hydroxyl groups is 1. The molecule has 0 bridgehead atoms. The van der Waals surface area contributed by atoms with E-state index in [2.05, 4.69) is 5.09 Å². The highest BCUT2D eigenvalue weighted by molar-refractivity contribution is 7.42. The molecule has 78 valence electrons. The van der Waals surface area contributed by atoms with Crippen LogP contribution in [-0.2, 0) is 14.1 Å². The SMILES string of the molecule is CCCOC(=O)[C@H](C)N[PH](=O)CO. The van der Waals surface area contributed by atoms with Crippen molar-refractivity contribution in [1.29, 1.82) is 0 Å². The molecule has 13 heavy (non-hydrogen) atoms. The maximum Gasteiger partial charge on any atom is 0.323 e. The van der Waals surface area contributed by atoms with Crippen molar-refractivity contribution < 1.29 is 19.2 Å². The van der Waals surface area contributed by atoms with E-state index in [0.29, 0.717) is 6.61 Å². The van der Waals surface area contributed by atoms with Gasteiger partial charge >= 0.3 is 5.97 Å². The van der Waals surface area contributed by atoms with E-state index >= 15 is 0 Å². The van der Waals surface area contributed by atoms with Gasteiger partial charge in [0.05, 0.1) is 6.61 Å². The molecular weight excluding hydrogens is 193 g/mol. The molecule has 0 fully saturated rings. The summed E-state index contributed by atoms with van der Waals surface area (Å²) in [5.74, 6) is -0.436. The zero-order chi connectivity index (χ0) is 10.3. The summed E-state index contributed by atoms with van der Waals surface area (Å²) in [6.45, 7) is 3.81. The number of hydrogen-bond donors (Lipinski definition) is 2. The molecule has 2 N–H and O–H groups in total. The molecule has 0 aromatic heterocycles. The molecule has 0 aliphatic heterocycles. The van der Waals surface area contributed by atoms with Crippen molar-refractivity contribution in [2.45, 2.75) is 26.3 Å². The lowest BCUT2D eigenvalue weighted by Gasteiger charge is -2.11. The van der Waals surface area contributed by atoms with Crippen LogP contribution >= 0.6 is 7.95 Å². The van der Waals surface area contributed by atoms with E-state index in [0.717, 1.165) is 6.42 Å². The van der Waals surface area contributed by atoms with Gasteiger partial charge in [-0.1, -0.05) is 6.92 Å². The maximum atomic E-state index is 11.1. The Labute approximate surface area is 78.3 Å². The lowest BCUT2D eigenvalue weighted by atomic mass is 10.4. The monoisotopic (exact) mass is 209 g/mol. The van der Waals surface area contributed by atoms with Gasteiger partial charge in [0, 0.05) is 0 Å². The molecule has 0 aromatic carbocycles. The topological polar surface area (TPSA) is 75.6 Å². The van der Waals surface area contributed by atoms with Crippen molar-refractivity contribution in [3.8, 4) is 0 Å². The lowest BCUT2D eigenvalue weighted by molar-refractivity contribution is -0.145. The van der Waals surface area contributed by atoms with Gasteiger partial charge in [0.15, 0.2) is 7.95 Å². The van der Waals surface area contributed by atoms with Crippen molar-refractivity contribution in [2.24, 2.45) is 0 Å². The smallest absolute Gasteiger partial charge is 0.323 e. The molecule has 0 aliphatic rings. The fourth-order valence-corrected chi connectivity index (χ4v) is 1.37. The lowest BCUT2D eigenvalue weighted by Crippen LogP contribution is -2.31. The summed E-state index contributed by atoms with van der Waals surface area (Å²) in [5.41, 5.74) is 0. The standard InChI is InChI=1S/C7H16NO4P/c1-3-4-12-7(10)6(2)8-13(11)5-9/h6,9,13H,3-5H2,1-2H3,(H,8,11)/t6-/m0/s1. The molecule has 0 spiro atoms. The van der Waals surface area contributed by atoms with Crippen LogP contribution in [0.25, 0.3) is 0 Å². The first-order valence-corrected chi connectivity index (χ1v) is 5.80. The van der Waals surface area contributed by atoms with Crippen LogP contribution in [0, 0.1) is 0 Å². The van der Waals surface area contributed by atoms with Crippen molar-refractivity contribution >= 4 is 13.9 Å². The minimum absolute atomic E-state index is 0.366. The third-order valence-electron chi connectivity index (χ3n) is 1.32. The second-order valence-corrected chi connectivity index (χ2v) is 4.07. The zero-order valence-corrected chi connectivity index (χ0v) is 8.87. The van der Waals surface area contributed by atoms with E-state index in [9.17, 15) is 9.36 Å². The van der Waals surface area contributed by atoms with Crippen LogP contribution in [0.1, 0.15) is 20.3 Å². The average molecular weight is 209 g/mol. The van der Waals surface area contributed by atoms with Crippen LogP contribution in [-0.4, -0.2) is 30.1 Å². The number of esters is 1. The summed E-state index contributed by atoms with van der Waals surface area (Å²) < 4.78 is 15.6. The molecule has 0 aromatic rings.